The highest BCUT2D eigenvalue weighted by atomic mass is 35.5. The predicted octanol–water partition coefficient (Wildman–Crippen LogP) is 5.44. The van der Waals surface area contributed by atoms with Crippen LogP contribution in [0, 0.1) is 11.8 Å². The van der Waals surface area contributed by atoms with E-state index in [9.17, 15) is 4.79 Å². The Kier molecular flexibility index (Phi) is 5.78. The van der Waals surface area contributed by atoms with Crippen molar-refractivity contribution in [1.29, 1.82) is 0 Å². The van der Waals surface area contributed by atoms with E-state index in [4.69, 9.17) is 26.1 Å². The van der Waals surface area contributed by atoms with E-state index in [1.54, 1.807) is 12.4 Å². The predicted molar refractivity (Wildman–Crippen MR) is 127 cm³/mol. The number of hydrogen-bond acceptors (Lipinski definition) is 6. The first-order chi connectivity index (χ1) is 15.9. The van der Waals surface area contributed by atoms with E-state index in [1.807, 2.05) is 12.1 Å². The number of hydrogen-bond donors (Lipinski definition) is 1. The van der Waals surface area contributed by atoms with Crippen LogP contribution in [0.3, 0.4) is 0 Å². The van der Waals surface area contributed by atoms with Crippen LogP contribution < -0.4 is 5.76 Å². The highest BCUT2D eigenvalue weighted by molar-refractivity contribution is 6.30. The summed E-state index contributed by atoms with van der Waals surface area (Å²) in [7, 11) is 0. The summed E-state index contributed by atoms with van der Waals surface area (Å²) in [5, 5.41) is 4.36. The normalized spacial score (nSPS) is 18.9. The highest BCUT2D eigenvalue weighted by Crippen LogP contribution is 2.36. The molecule has 33 heavy (non-hydrogen) atoms. The zero-order chi connectivity index (χ0) is 23.1. The molecule has 1 fully saturated rings. The quantitative estimate of drug-likeness (QED) is 0.420. The van der Waals surface area contributed by atoms with Crippen LogP contribution in [0.25, 0.3) is 33.8 Å². The topological polar surface area (TPSA) is 102 Å². The number of imidazole rings is 1. The lowest BCUT2D eigenvalue weighted by Crippen LogP contribution is -2.19. The zero-order valence-electron chi connectivity index (χ0n) is 19.0. The summed E-state index contributed by atoms with van der Waals surface area (Å²) in [4.78, 5) is 28.3. The lowest BCUT2D eigenvalue weighted by molar-refractivity contribution is 0.264. The number of halogens is 1. The second-order valence-electron chi connectivity index (χ2n) is 9.42. The van der Waals surface area contributed by atoms with E-state index in [2.05, 4.69) is 40.5 Å². The van der Waals surface area contributed by atoms with Gasteiger partial charge in [0.05, 0.1) is 21.7 Å². The fourth-order valence-electron chi connectivity index (χ4n) is 4.77. The van der Waals surface area contributed by atoms with Gasteiger partial charge < -0.3 is 4.57 Å². The molecular weight excluding hydrogens is 440 g/mol. The molecule has 8 nitrogen and oxygen atoms in total. The maximum atomic E-state index is 11.6. The van der Waals surface area contributed by atoms with Crippen molar-refractivity contribution in [3.05, 3.63) is 45.9 Å². The highest BCUT2D eigenvalue weighted by Gasteiger charge is 2.25. The number of rotatable bonds is 5. The molecule has 172 valence electrons. The Hall–Kier alpha value is -3.00. The molecule has 1 aliphatic carbocycles. The number of nitrogens with one attached hydrogen (secondary N) is 1. The molecule has 0 radical (unpaired) electrons. The van der Waals surface area contributed by atoms with E-state index < -0.39 is 5.76 Å². The number of H-pyrrole nitrogens is 1. The van der Waals surface area contributed by atoms with Gasteiger partial charge in [0.1, 0.15) is 11.5 Å². The van der Waals surface area contributed by atoms with E-state index in [1.165, 1.54) is 25.7 Å². The van der Waals surface area contributed by atoms with Crippen LogP contribution in [0.15, 0.2) is 33.8 Å². The fourth-order valence-corrected chi connectivity index (χ4v) is 4.95. The van der Waals surface area contributed by atoms with Gasteiger partial charge in [0.15, 0.2) is 0 Å². The zero-order valence-corrected chi connectivity index (χ0v) is 19.8. The van der Waals surface area contributed by atoms with Gasteiger partial charge >= 0.3 is 5.76 Å². The third kappa shape index (κ3) is 4.31. The second kappa shape index (κ2) is 8.74. The minimum absolute atomic E-state index is 0.237. The molecule has 1 aliphatic rings. The molecule has 9 heteroatoms. The molecule has 4 aromatic rings. The van der Waals surface area contributed by atoms with Crippen molar-refractivity contribution < 1.29 is 4.52 Å². The van der Waals surface area contributed by atoms with Gasteiger partial charge in [-0.25, -0.2) is 14.8 Å². The Morgan fingerprint density at radius 3 is 2.64 bits per heavy atom. The van der Waals surface area contributed by atoms with E-state index in [0.29, 0.717) is 22.3 Å². The van der Waals surface area contributed by atoms with Crippen molar-refractivity contribution in [3.63, 3.8) is 0 Å². The standard InChI is InChI=1S/C24H27ClN6O2/c1-13(2)23-28-18-9-19(22-29-24(32)33-30-22)27-20(16-8-17(25)11-26-10-16)21(18)31(23)12-15-6-4-14(3)5-7-15/h8-11,13-15H,4-7,12H2,1-3H3,(H,29,30,32). The minimum Gasteiger partial charge on any atom is -0.326 e. The maximum absolute atomic E-state index is 11.6. The summed E-state index contributed by atoms with van der Waals surface area (Å²) in [5.41, 5.74) is 3.73. The van der Waals surface area contributed by atoms with Gasteiger partial charge in [0.2, 0.25) is 5.82 Å². The monoisotopic (exact) mass is 466 g/mol. The molecule has 0 unspecified atom stereocenters. The average Bonchev–Trinajstić information content (AvgIpc) is 3.38. The third-order valence-electron chi connectivity index (χ3n) is 6.51. The Morgan fingerprint density at radius 2 is 1.97 bits per heavy atom. The summed E-state index contributed by atoms with van der Waals surface area (Å²) in [6, 6.07) is 3.70. The van der Waals surface area contributed by atoms with Gasteiger partial charge in [-0.2, -0.15) is 0 Å². The first kappa shape index (κ1) is 21.8. The molecule has 1 N–H and O–H groups in total. The van der Waals surface area contributed by atoms with Gasteiger partial charge in [0, 0.05) is 30.4 Å². The lowest BCUT2D eigenvalue weighted by atomic mass is 9.83. The number of fused-ring (bicyclic) bond motifs is 1. The number of aromatic amines is 1. The molecule has 1 saturated carbocycles. The molecule has 5 rings (SSSR count). The van der Waals surface area contributed by atoms with Crippen LogP contribution >= 0.6 is 11.6 Å². The molecule has 0 bridgehead atoms. The largest absolute Gasteiger partial charge is 0.439 e. The van der Waals surface area contributed by atoms with Gasteiger partial charge in [-0.1, -0.05) is 50.4 Å². The third-order valence-corrected chi connectivity index (χ3v) is 6.71. The smallest absolute Gasteiger partial charge is 0.326 e. The Balaban J connectivity index is 1.73. The first-order valence-electron chi connectivity index (χ1n) is 11.5. The summed E-state index contributed by atoms with van der Waals surface area (Å²) in [6.07, 6.45) is 8.32. The number of pyridine rings is 2. The van der Waals surface area contributed by atoms with Crippen molar-refractivity contribution in [2.75, 3.05) is 0 Å². The van der Waals surface area contributed by atoms with Gasteiger partial charge in [0.25, 0.3) is 0 Å². The Bertz CT molecular complexity index is 1350. The lowest BCUT2D eigenvalue weighted by Gasteiger charge is -2.27. The van der Waals surface area contributed by atoms with Crippen molar-refractivity contribution in [2.24, 2.45) is 11.8 Å². The van der Waals surface area contributed by atoms with Gasteiger partial charge in [-0.05, 0) is 36.8 Å². The molecule has 0 amide bonds. The van der Waals surface area contributed by atoms with Crippen molar-refractivity contribution >= 4 is 22.6 Å². The minimum atomic E-state index is -0.627. The van der Waals surface area contributed by atoms with Crippen LogP contribution in [0.2, 0.25) is 5.02 Å². The molecule has 4 aromatic heterocycles. The van der Waals surface area contributed by atoms with E-state index in [-0.39, 0.29) is 11.7 Å². The van der Waals surface area contributed by atoms with Gasteiger partial charge in [-0.15, -0.1) is 0 Å². The van der Waals surface area contributed by atoms with Crippen LogP contribution in [0.1, 0.15) is 58.2 Å². The molecule has 0 spiro atoms. The second-order valence-corrected chi connectivity index (χ2v) is 9.86. The van der Waals surface area contributed by atoms with Crippen LogP contribution in [0.4, 0.5) is 0 Å². The van der Waals surface area contributed by atoms with Crippen molar-refractivity contribution in [3.8, 4) is 22.8 Å². The average molecular weight is 467 g/mol. The fraction of sp³-hybridized carbons (Fsp3) is 0.458. The first-order valence-corrected chi connectivity index (χ1v) is 11.8. The summed E-state index contributed by atoms with van der Waals surface area (Å²) < 4.78 is 7.04. The van der Waals surface area contributed by atoms with E-state index >= 15 is 0 Å². The molecule has 0 atom stereocenters. The van der Waals surface area contributed by atoms with Crippen LogP contribution in [0.5, 0.6) is 0 Å². The summed E-state index contributed by atoms with van der Waals surface area (Å²) >= 11 is 6.28. The Labute approximate surface area is 196 Å². The molecule has 0 saturated heterocycles. The molecule has 0 aliphatic heterocycles. The molecular formula is C24H27ClN6O2. The Morgan fingerprint density at radius 1 is 1.18 bits per heavy atom. The summed E-state index contributed by atoms with van der Waals surface area (Å²) in [6.45, 7) is 7.56. The SMILES string of the molecule is CC1CCC(Cn2c(C(C)C)nc3cc(-c4noc(=O)[nH]4)nc(-c4cncc(Cl)c4)c32)CC1. The number of nitrogens with zero attached hydrogens (tertiary/aromatic N) is 5. The van der Waals surface area contributed by atoms with Crippen molar-refractivity contribution in [1.82, 2.24) is 29.7 Å². The van der Waals surface area contributed by atoms with Crippen molar-refractivity contribution in [2.45, 2.75) is 58.9 Å². The van der Waals surface area contributed by atoms with Gasteiger partial charge in [-0.3, -0.25) is 14.5 Å². The molecule has 0 aromatic carbocycles. The summed E-state index contributed by atoms with van der Waals surface area (Å²) in [5.74, 6) is 2.30. The van der Waals surface area contributed by atoms with E-state index in [0.717, 1.165) is 34.9 Å². The molecule has 4 heterocycles. The van der Waals surface area contributed by atoms with Crippen LogP contribution in [-0.2, 0) is 6.54 Å². The number of aromatic nitrogens is 6. The maximum Gasteiger partial charge on any atom is 0.439 e. The van der Waals surface area contributed by atoms with Crippen LogP contribution in [-0.4, -0.2) is 29.7 Å².